The molecule has 1 aromatic heterocycles. The van der Waals surface area contributed by atoms with E-state index in [0.29, 0.717) is 23.0 Å². The summed E-state index contributed by atoms with van der Waals surface area (Å²) in [7, 11) is 1.57. The van der Waals surface area contributed by atoms with Crippen LogP contribution in [-0.4, -0.2) is 36.3 Å². The van der Waals surface area contributed by atoms with E-state index in [0.717, 1.165) is 18.9 Å². The lowest BCUT2D eigenvalue weighted by Crippen LogP contribution is -2.34. The van der Waals surface area contributed by atoms with E-state index in [1.807, 2.05) is 6.07 Å². The number of benzene rings is 1. The fourth-order valence-electron chi connectivity index (χ4n) is 2.91. The first-order valence-electron chi connectivity index (χ1n) is 8.20. The Morgan fingerprint density at radius 1 is 1.29 bits per heavy atom. The minimum Gasteiger partial charge on any atom is -0.497 e. The summed E-state index contributed by atoms with van der Waals surface area (Å²) in [5, 5.41) is 11.1. The summed E-state index contributed by atoms with van der Waals surface area (Å²) in [5.74, 6) is 2.39. The number of nitrogens with zero attached hydrogens (tertiary/aromatic N) is 3. The standard InChI is InChI=1S/C18H22N4O2/c1-13-5-4-10-22(12-13)17-9-8-16(20-21-17)19-18(23)14-6-3-7-15(11-14)24-2/h3,6-9,11,13H,4-5,10,12H2,1-2H3,(H,19,20,23). The minimum absolute atomic E-state index is 0.234. The van der Waals surface area contributed by atoms with Crippen LogP contribution in [0.4, 0.5) is 11.6 Å². The Morgan fingerprint density at radius 3 is 2.88 bits per heavy atom. The van der Waals surface area contributed by atoms with Crippen LogP contribution in [0.15, 0.2) is 36.4 Å². The van der Waals surface area contributed by atoms with Gasteiger partial charge in [-0.1, -0.05) is 13.0 Å². The average Bonchev–Trinajstić information content (AvgIpc) is 2.62. The van der Waals surface area contributed by atoms with Crippen LogP contribution >= 0.6 is 0 Å². The number of methoxy groups -OCH3 is 1. The number of ether oxygens (including phenoxy) is 1. The average molecular weight is 326 g/mol. The summed E-state index contributed by atoms with van der Waals surface area (Å²) < 4.78 is 5.13. The highest BCUT2D eigenvalue weighted by atomic mass is 16.5. The van der Waals surface area contributed by atoms with Crippen molar-refractivity contribution >= 4 is 17.5 Å². The van der Waals surface area contributed by atoms with E-state index in [9.17, 15) is 4.79 Å². The predicted octanol–water partition coefficient (Wildman–Crippen LogP) is 2.97. The molecule has 2 heterocycles. The minimum atomic E-state index is -0.234. The molecule has 1 N–H and O–H groups in total. The topological polar surface area (TPSA) is 67.3 Å². The second kappa shape index (κ2) is 7.29. The summed E-state index contributed by atoms with van der Waals surface area (Å²) >= 11 is 0. The molecule has 6 nitrogen and oxygen atoms in total. The Morgan fingerprint density at radius 2 is 2.17 bits per heavy atom. The third kappa shape index (κ3) is 3.82. The molecule has 24 heavy (non-hydrogen) atoms. The van der Waals surface area contributed by atoms with E-state index in [1.54, 1.807) is 37.4 Å². The van der Waals surface area contributed by atoms with Gasteiger partial charge in [0.2, 0.25) is 0 Å². The first-order chi connectivity index (χ1) is 11.7. The molecule has 1 saturated heterocycles. The molecule has 0 spiro atoms. The van der Waals surface area contributed by atoms with Gasteiger partial charge in [-0.2, -0.15) is 0 Å². The molecule has 3 rings (SSSR count). The van der Waals surface area contributed by atoms with Crippen molar-refractivity contribution < 1.29 is 9.53 Å². The Hall–Kier alpha value is -2.63. The van der Waals surface area contributed by atoms with Crippen molar-refractivity contribution in [2.75, 3.05) is 30.4 Å². The largest absolute Gasteiger partial charge is 0.497 e. The van der Waals surface area contributed by atoms with Crippen LogP contribution in [0, 0.1) is 5.92 Å². The zero-order valence-corrected chi connectivity index (χ0v) is 14.0. The third-order valence-electron chi connectivity index (χ3n) is 4.21. The van der Waals surface area contributed by atoms with E-state index in [-0.39, 0.29) is 5.91 Å². The Balaban J connectivity index is 1.66. The van der Waals surface area contributed by atoms with Gasteiger partial charge in [-0.05, 0) is 49.1 Å². The molecule has 1 unspecified atom stereocenters. The Labute approximate surface area is 141 Å². The molecule has 2 aromatic rings. The van der Waals surface area contributed by atoms with Gasteiger partial charge in [-0.15, -0.1) is 10.2 Å². The van der Waals surface area contributed by atoms with Crippen LogP contribution in [0.3, 0.4) is 0 Å². The van der Waals surface area contributed by atoms with E-state index >= 15 is 0 Å². The van der Waals surface area contributed by atoms with E-state index in [1.165, 1.54) is 12.8 Å². The Bertz CT molecular complexity index is 702. The van der Waals surface area contributed by atoms with E-state index in [4.69, 9.17) is 4.74 Å². The van der Waals surface area contributed by atoms with Gasteiger partial charge in [-0.25, -0.2) is 0 Å². The molecule has 1 aliphatic rings. The van der Waals surface area contributed by atoms with Gasteiger partial charge < -0.3 is 15.0 Å². The van der Waals surface area contributed by atoms with Gasteiger partial charge in [0.1, 0.15) is 5.75 Å². The maximum atomic E-state index is 12.3. The molecule has 0 aliphatic carbocycles. The lowest BCUT2D eigenvalue weighted by Gasteiger charge is -2.31. The van der Waals surface area contributed by atoms with Crippen LogP contribution in [-0.2, 0) is 0 Å². The molecule has 1 aliphatic heterocycles. The second-order valence-electron chi connectivity index (χ2n) is 6.16. The fourth-order valence-corrected chi connectivity index (χ4v) is 2.91. The molecule has 1 fully saturated rings. The van der Waals surface area contributed by atoms with E-state index in [2.05, 4.69) is 27.3 Å². The SMILES string of the molecule is COc1cccc(C(=O)Nc2ccc(N3CCCC(C)C3)nn2)c1. The lowest BCUT2D eigenvalue weighted by molar-refractivity contribution is 0.102. The number of carbonyl (C=O) groups excluding carboxylic acids is 1. The number of piperidine rings is 1. The van der Waals surface area contributed by atoms with Gasteiger partial charge >= 0.3 is 0 Å². The number of amides is 1. The Kier molecular flexibility index (Phi) is 4.93. The molecule has 0 radical (unpaired) electrons. The molecule has 1 atom stereocenters. The van der Waals surface area contributed by atoms with Gasteiger partial charge in [0, 0.05) is 18.7 Å². The van der Waals surface area contributed by atoms with Crippen molar-refractivity contribution in [1.29, 1.82) is 0 Å². The molecule has 1 aromatic carbocycles. The molecular formula is C18H22N4O2. The van der Waals surface area contributed by atoms with Gasteiger partial charge in [0.05, 0.1) is 7.11 Å². The van der Waals surface area contributed by atoms with Gasteiger partial charge in [0.15, 0.2) is 11.6 Å². The monoisotopic (exact) mass is 326 g/mol. The first-order valence-corrected chi connectivity index (χ1v) is 8.20. The predicted molar refractivity (Wildman–Crippen MR) is 93.6 cm³/mol. The maximum Gasteiger partial charge on any atom is 0.256 e. The maximum absolute atomic E-state index is 12.3. The molecule has 0 bridgehead atoms. The first kappa shape index (κ1) is 16.2. The van der Waals surface area contributed by atoms with Crippen molar-refractivity contribution in [1.82, 2.24) is 10.2 Å². The lowest BCUT2D eigenvalue weighted by atomic mass is 10.0. The number of rotatable bonds is 4. The highest BCUT2D eigenvalue weighted by Crippen LogP contribution is 2.21. The van der Waals surface area contributed by atoms with Gasteiger partial charge in [0.25, 0.3) is 5.91 Å². The normalized spacial score (nSPS) is 17.4. The van der Waals surface area contributed by atoms with Crippen LogP contribution in [0.5, 0.6) is 5.75 Å². The molecule has 0 saturated carbocycles. The molecule has 1 amide bonds. The van der Waals surface area contributed by atoms with E-state index < -0.39 is 0 Å². The summed E-state index contributed by atoms with van der Waals surface area (Å²) in [6, 6.07) is 10.7. The number of hydrogen-bond acceptors (Lipinski definition) is 5. The van der Waals surface area contributed by atoms with Crippen molar-refractivity contribution in [3.8, 4) is 5.75 Å². The van der Waals surface area contributed by atoms with Crippen LogP contribution in [0.1, 0.15) is 30.1 Å². The summed E-state index contributed by atoms with van der Waals surface area (Å²) in [4.78, 5) is 14.5. The fraction of sp³-hybridized carbons (Fsp3) is 0.389. The quantitative estimate of drug-likeness (QED) is 0.935. The number of aromatic nitrogens is 2. The zero-order valence-electron chi connectivity index (χ0n) is 14.0. The van der Waals surface area contributed by atoms with Crippen LogP contribution < -0.4 is 15.0 Å². The van der Waals surface area contributed by atoms with Crippen molar-refractivity contribution in [3.63, 3.8) is 0 Å². The van der Waals surface area contributed by atoms with Crippen molar-refractivity contribution in [2.45, 2.75) is 19.8 Å². The molecular weight excluding hydrogens is 304 g/mol. The number of hydrogen-bond donors (Lipinski definition) is 1. The molecule has 126 valence electrons. The smallest absolute Gasteiger partial charge is 0.256 e. The summed E-state index contributed by atoms with van der Waals surface area (Å²) in [5.41, 5.74) is 0.519. The van der Waals surface area contributed by atoms with Crippen molar-refractivity contribution in [3.05, 3.63) is 42.0 Å². The number of nitrogens with one attached hydrogen (secondary N) is 1. The molecule has 6 heteroatoms. The third-order valence-corrected chi connectivity index (χ3v) is 4.21. The van der Waals surface area contributed by atoms with Crippen LogP contribution in [0.2, 0.25) is 0 Å². The van der Waals surface area contributed by atoms with Crippen LogP contribution in [0.25, 0.3) is 0 Å². The summed E-state index contributed by atoms with van der Waals surface area (Å²) in [6.07, 6.45) is 2.44. The highest BCUT2D eigenvalue weighted by molar-refractivity contribution is 6.03. The zero-order chi connectivity index (χ0) is 16.9. The van der Waals surface area contributed by atoms with Gasteiger partial charge in [-0.3, -0.25) is 4.79 Å². The number of carbonyl (C=O) groups is 1. The van der Waals surface area contributed by atoms with Crippen molar-refractivity contribution in [2.24, 2.45) is 5.92 Å². The summed E-state index contributed by atoms with van der Waals surface area (Å²) in [6.45, 7) is 4.26. The second-order valence-corrected chi connectivity index (χ2v) is 6.16. The highest BCUT2D eigenvalue weighted by Gasteiger charge is 2.18. The number of anilines is 2.